The molecule has 0 atom stereocenters. The monoisotopic (exact) mass is 174 g/mol. The normalized spacial score (nSPS) is 10.9. The molecule has 2 aromatic rings. The molecule has 0 aliphatic carbocycles. The summed E-state index contributed by atoms with van der Waals surface area (Å²) in [5.74, 6) is 0. The maximum atomic E-state index is 3.37. The van der Waals surface area contributed by atoms with Crippen molar-refractivity contribution in [1.82, 2.24) is 10.3 Å². The van der Waals surface area contributed by atoms with Gasteiger partial charge in [0.15, 0.2) is 0 Å². The number of nitrogens with one attached hydrogen (secondary N) is 2. The van der Waals surface area contributed by atoms with Gasteiger partial charge in [0.1, 0.15) is 0 Å². The first kappa shape index (κ1) is 8.32. The molecule has 0 unspecified atom stereocenters. The van der Waals surface area contributed by atoms with Crippen LogP contribution >= 0.6 is 0 Å². The fraction of sp³-hybridized carbons (Fsp3) is 0.273. The molecule has 1 heterocycles. The van der Waals surface area contributed by atoms with Crippen molar-refractivity contribution in [1.29, 1.82) is 0 Å². The second kappa shape index (κ2) is 3.23. The zero-order valence-electron chi connectivity index (χ0n) is 8.02. The minimum Gasteiger partial charge on any atom is -0.358 e. The number of aromatic amines is 1. The van der Waals surface area contributed by atoms with Gasteiger partial charge in [-0.15, -0.1) is 0 Å². The topological polar surface area (TPSA) is 27.8 Å². The Morgan fingerprint density at radius 1 is 1.31 bits per heavy atom. The van der Waals surface area contributed by atoms with Crippen molar-refractivity contribution in [2.45, 2.75) is 13.5 Å². The number of hydrogen-bond donors (Lipinski definition) is 2. The number of fused-ring (bicyclic) bond motifs is 1. The van der Waals surface area contributed by atoms with E-state index in [1.54, 1.807) is 0 Å². The van der Waals surface area contributed by atoms with Crippen LogP contribution in [0, 0.1) is 6.92 Å². The fourth-order valence-electron chi connectivity index (χ4n) is 1.74. The lowest BCUT2D eigenvalue weighted by molar-refractivity contribution is 0.817. The number of aryl methyl sites for hydroxylation is 1. The molecule has 0 saturated heterocycles. The molecule has 2 N–H and O–H groups in total. The molecule has 13 heavy (non-hydrogen) atoms. The zero-order chi connectivity index (χ0) is 9.26. The Morgan fingerprint density at radius 3 is 2.85 bits per heavy atom. The van der Waals surface area contributed by atoms with Gasteiger partial charge in [0, 0.05) is 23.1 Å². The highest BCUT2D eigenvalue weighted by Gasteiger charge is 2.05. The molecule has 0 radical (unpaired) electrons. The molecule has 0 fully saturated rings. The van der Waals surface area contributed by atoms with Crippen LogP contribution in [0.15, 0.2) is 24.3 Å². The van der Waals surface area contributed by atoms with Crippen LogP contribution in [-0.4, -0.2) is 12.0 Å². The van der Waals surface area contributed by atoms with Crippen LogP contribution in [0.25, 0.3) is 10.9 Å². The van der Waals surface area contributed by atoms with E-state index in [4.69, 9.17) is 0 Å². The molecule has 2 heteroatoms. The van der Waals surface area contributed by atoms with Crippen LogP contribution in [0.2, 0.25) is 0 Å². The Kier molecular flexibility index (Phi) is 2.07. The van der Waals surface area contributed by atoms with Crippen LogP contribution in [0.3, 0.4) is 0 Å². The molecule has 0 bridgehead atoms. The van der Waals surface area contributed by atoms with Gasteiger partial charge in [-0.2, -0.15) is 0 Å². The Bertz CT molecular complexity index is 415. The Hall–Kier alpha value is -1.28. The van der Waals surface area contributed by atoms with Gasteiger partial charge in [-0.25, -0.2) is 0 Å². The third-order valence-electron chi connectivity index (χ3n) is 2.38. The average Bonchev–Trinajstić information content (AvgIpc) is 2.44. The van der Waals surface area contributed by atoms with E-state index in [1.165, 1.54) is 22.2 Å². The van der Waals surface area contributed by atoms with E-state index in [1.807, 2.05) is 7.05 Å². The van der Waals surface area contributed by atoms with E-state index >= 15 is 0 Å². The molecular weight excluding hydrogens is 160 g/mol. The molecule has 1 aromatic heterocycles. The van der Waals surface area contributed by atoms with Crippen molar-refractivity contribution in [2.24, 2.45) is 0 Å². The smallest absolute Gasteiger partial charge is 0.0459 e. The lowest BCUT2D eigenvalue weighted by atomic mass is 10.1. The quantitative estimate of drug-likeness (QED) is 0.717. The predicted octanol–water partition coefficient (Wildman–Crippen LogP) is 2.20. The summed E-state index contributed by atoms with van der Waals surface area (Å²) < 4.78 is 0. The zero-order valence-corrected chi connectivity index (χ0v) is 8.02. The number of aromatic nitrogens is 1. The molecule has 2 nitrogen and oxygen atoms in total. The third kappa shape index (κ3) is 1.33. The number of H-pyrrole nitrogens is 1. The number of benzene rings is 1. The summed E-state index contributed by atoms with van der Waals surface area (Å²) in [4.78, 5) is 3.37. The second-order valence-electron chi connectivity index (χ2n) is 3.30. The van der Waals surface area contributed by atoms with Crippen molar-refractivity contribution in [3.63, 3.8) is 0 Å². The van der Waals surface area contributed by atoms with Gasteiger partial charge in [0.2, 0.25) is 0 Å². The minimum atomic E-state index is 0.926. The largest absolute Gasteiger partial charge is 0.358 e. The summed E-state index contributed by atoms with van der Waals surface area (Å²) >= 11 is 0. The van der Waals surface area contributed by atoms with Gasteiger partial charge in [0.05, 0.1) is 0 Å². The van der Waals surface area contributed by atoms with E-state index in [-0.39, 0.29) is 0 Å². The molecule has 0 aliphatic rings. The Balaban J connectivity index is 2.64. The van der Waals surface area contributed by atoms with Crippen molar-refractivity contribution in [3.05, 3.63) is 35.5 Å². The summed E-state index contributed by atoms with van der Waals surface area (Å²) in [7, 11) is 1.97. The van der Waals surface area contributed by atoms with Crippen LogP contribution in [0.1, 0.15) is 11.3 Å². The van der Waals surface area contributed by atoms with Gasteiger partial charge < -0.3 is 10.3 Å². The summed E-state index contributed by atoms with van der Waals surface area (Å²) in [5.41, 5.74) is 3.86. The van der Waals surface area contributed by atoms with Crippen molar-refractivity contribution >= 4 is 10.9 Å². The van der Waals surface area contributed by atoms with Gasteiger partial charge in [-0.3, -0.25) is 0 Å². The first-order valence-electron chi connectivity index (χ1n) is 4.53. The number of rotatable bonds is 2. The highest BCUT2D eigenvalue weighted by atomic mass is 14.8. The maximum absolute atomic E-state index is 3.37. The Labute approximate surface area is 78.0 Å². The molecular formula is C11H14N2. The summed E-state index contributed by atoms with van der Waals surface area (Å²) in [6.07, 6.45) is 0. The average molecular weight is 174 g/mol. The van der Waals surface area contributed by atoms with E-state index in [9.17, 15) is 0 Å². The minimum absolute atomic E-state index is 0.926. The summed E-state index contributed by atoms with van der Waals surface area (Å²) in [6.45, 7) is 3.04. The van der Waals surface area contributed by atoms with Crippen LogP contribution in [-0.2, 0) is 6.54 Å². The van der Waals surface area contributed by atoms with Gasteiger partial charge in [-0.05, 0) is 25.6 Å². The molecule has 2 rings (SSSR count). The van der Waals surface area contributed by atoms with Gasteiger partial charge in [-0.1, -0.05) is 18.2 Å². The van der Waals surface area contributed by atoms with Crippen molar-refractivity contribution in [2.75, 3.05) is 7.05 Å². The highest BCUT2D eigenvalue weighted by molar-refractivity contribution is 5.84. The molecule has 0 spiro atoms. The van der Waals surface area contributed by atoms with Crippen molar-refractivity contribution in [3.8, 4) is 0 Å². The molecule has 68 valence electrons. The second-order valence-corrected chi connectivity index (χ2v) is 3.30. The number of hydrogen-bond acceptors (Lipinski definition) is 1. The number of para-hydroxylation sites is 1. The maximum Gasteiger partial charge on any atom is 0.0459 e. The SMILES string of the molecule is CNCc1c(C)[nH]c2ccccc12. The molecule has 0 amide bonds. The lowest BCUT2D eigenvalue weighted by Gasteiger charge is -1.98. The third-order valence-corrected chi connectivity index (χ3v) is 2.38. The first-order valence-corrected chi connectivity index (χ1v) is 4.53. The summed E-state index contributed by atoms with van der Waals surface area (Å²) in [6, 6.07) is 8.41. The van der Waals surface area contributed by atoms with Gasteiger partial charge >= 0.3 is 0 Å². The predicted molar refractivity (Wildman–Crippen MR) is 55.8 cm³/mol. The standard InChI is InChI=1S/C11H14N2/c1-8-10(7-12-2)9-5-3-4-6-11(9)13-8/h3-6,12-13H,7H2,1-2H3. The van der Waals surface area contributed by atoms with E-state index in [0.717, 1.165) is 6.54 Å². The van der Waals surface area contributed by atoms with Gasteiger partial charge in [0.25, 0.3) is 0 Å². The highest BCUT2D eigenvalue weighted by Crippen LogP contribution is 2.21. The Morgan fingerprint density at radius 2 is 2.08 bits per heavy atom. The van der Waals surface area contributed by atoms with Crippen molar-refractivity contribution < 1.29 is 0 Å². The first-order chi connectivity index (χ1) is 6.33. The fourth-order valence-corrected chi connectivity index (χ4v) is 1.74. The molecule has 0 aliphatic heterocycles. The molecule has 0 saturated carbocycles. The van der Waals surface area contributed by atoms with E-state index < -0.39 is 0 Å². The van der Waals surface area contributed by atoms with E-state index in [2.05, 4.69) is 41.5 Å². The van der Waals surface area contributed by atoms with Crippen LogP contribution < -0.4 is 5.32 Å². The van der Waals surface area contributed by atoms with Crippen LogP contribution in [0.5, 0.6) is 0 Å². The molecule has 1 aromatic carbocycles. The van der Waals surface area contributed by atoms with Crippen LogP contribution in [0.4, 0.5) is 0 Å². The van der Waals surface area contributed by atoms with E-state index in [0.29, 0.717) is 0 Å². The summed E-state index contributed by atoms with van der Waals surface area (Å²) in [5, 5.41) is 4.51. The lowest BCUT2D eigenvalue weighted by Crippen LogP contribution is -2.05.